The molecule has 0 unspecified atom stereocenters. The van der Waals surface area contributed by atoms with Crippen LogP contribution in [0.2, 0.25) is 0 Å². The molecule has 1 aliphatic heterocycles. The van der Waals surface area contributed by atoms with E-state index in [4.69, 9.17) is 0 Å². The van der Waals surface area contributed by atoms with Crippen LogP contribution in [0.1, 0.15) is 25.8 Å². The van der Waals surface area contributed by atoms with E-state index >= 15 is 0 Å². The topological polar surface area (TPSA) is 80.5 Å². The molecule has 1 heterocycles. The van der Waals surface area contributed by atoms with E-state index in [1.807, 2.05) is 13.8 Å². The molecular weight excluding hydrogens is 280 g/mol. The van der Waals surface area contributed by atoms with E-state index in [1.165, 1.54) is 22.5 Å². The Kier molecular flexibility index (Phi) is 3.84. The molecule has 1 aromatic carbocycles. The summed E-state index contributed by atoms with van der Waals surface area (Å²) in [5.74, 6) is -0.190. The summed E-state index contributed by atoms with van der Waals surface area (Å²) in [7, 11) is -3.42. The fourth-order valence-corrected chi connectivity index (χ4v) is 4.06. The van der Waals surface area contributed by atoms with Gasteiger partial charge < -0.3 is 0 Å². The third kappa shape index (κ3) is 3.34. The van der Waals surface area contributed by atoms with Gasteiger partial charge in [0.05, 0.1) is 10.7 Å². The van der Waals surface area contributed by atoms with Gasteiger partial charge in [-0.3, -0.25) is 10.1 Å². The van der Waals surface area contributed by atoms with Crippen LogP contribution in [0.15, 0.2) is 24.3 Å². The zero-order valence-corrected chi connectivity index (χ0v) is 12.4. The molecule has 110 valence electrons. The minimum atomic E-state index is -3.42. The quantitative estimate of drug-likeness (QED) is 0.630. The molecule has 1 aliphatic rings. The summed E-state index contributed by atoms with van der Waals surface area (Å²) in [6.07, 6.45) is 0.834. The van der Waals surface area contributed by atoms with Gasteiger partial charge >= 0.3 is 0 Å². The molecule has 0 saturated carbocycles. The van der Waals surface area contributed by atoms with Gasteiger partial charge in [-0.1, -0.05) is 26.0 Å². The third-order valence-electron chi connectivity index (χ3n) is 3.51. The van der Waals surface area contributed by atoms with Crippen molar-refractivity contribution >= 4 is 15.7 Å². The van der Waals surface area contributed by atoms with Crippen molar-refractivity contribution in [3.8, 4) is 0 Å². The van der Waals surface area contributed by atoms with Crippen LogP contribution in [0.25, 0.3) is 0 Å². The van der Waals surface area contributed by atoms with Gasteiger partial charge in [-0.25, -0.2) is 12.7 Å². The Morgan fingerprint density at radius 3 is 2.65 bits per heavy atom. The van der Waals surface area contributed by atoms with Gasteiger partial charge in [-0.05, 0) is 17.4 Å². The summed E-state index contributed by atoms with van der Waals surface area (Å²) in [4.78, 5) is 10.2. The van der Waals surface area contributed by atoms with Crippen molar-refractivity contribution in [3.05, 3.63) is 39.9 Å². The highest BCUT2D eigenvalue weighted by Gasteiger charge is 2.36. The lowest BCUT2D eigenvalue weighted by Gasteiger charge is -2.19. The summed E-state index contributed by atoms with van der Waals surface area (Å²) >= 11 is 0. The minimum Gasteiger partial charge on any atom is -0.258 e. The lowest BCUT2D eigenvalue weighted by Crippen LogP contribution is -2.31. The van der Waals surface area contributed by atoms with E-state index in [0.29, 0.717) is 18.7 Å². The van der Waals surface area contributed by atoms with Gasteiger partial charge in [0.25, 0.3) is 5.69 Å². The number of non-ortho nitro benzene ring substituents is 1. The summed E-state index contributed by atoms with van der Waals surface area (Å²) in [5, 5.41) is 10.7. The second kappa shape index (κ2) is 5.14. The molecule has 0 spiro atoms. The smallest absolute Gasteiger partial charge is 0.258 e. The first-order valence-corrected chi connectivity index (χ1v) is 8.02. The summed E-state index contributed by atoms with van der Waals surface area (Å²) in [6.45, 7) is 5.10. The molecule has 1 fully saturated rings. The fraction of sp³-hybridized carbons (Fsp3) is 0.538. The third-order valence-corrected chi connectivity index (χ3v) is 5.30. The molecule has 1 saturated heterocycles. The van der Waals surface area contributed by atoms with Gasteiger partial charge in [-0.2, -0.15) is 0 Å². The van der Waals surface area contributed by atoms with Crippen LogP contribution in [0.4, 0.5) is 5.69 Å². The van der Waals surface area contributed by atoms with E-state index in [-0.39, 0.29) is 16.9 Å². The van der Waals surface area contributed by atoms with Crippen LogP contribution in [0.3, 0.4) is 0 Å². The predicted octanol–water partition coefficient (Wildman–Crippen LogP) is 2.16. The summed E-state index contributed by atoms with van der Waals surface area (Å²) < 4.78 is 26.1. The number of hydrogen-bond acceptors (Lipinski definition) is 4. The standard InChI is InChI=1S/C13H18N2O4S/c1-13(2)6-7-14(10-13)20(18,19)9-11-4-3-5-12(8-11)15(16)17/h3-5,8H,6-7,9-10H2,1-2H3. The van der Waals surface area contributed by atoms with Gasteiger partial charge in [0.2, 0.25) is 10.0 Å². The first kappa shape index (κ1) is 14.9. The first-order chi connectivity index (χ1) is 9.20. The maximum absolute atomic E-state index is 12.3. The van der Waals surface area contributed by atoms with Crippen molar-refractivity contribution < 1.29 is 13.3 Å². The van der Waals surface area contributed by atoms with Crippen LogP contribution in [0.5, 0.6) is 0 Å². The second-order valence-electron chi connectivity index (χ2n) is 5.93. The first-order valence-electron chi connectivity index (χ1n) is 6.41. The molecule has 0 N–H and O–H groups in total. The molecule has 0 aliphatic carbocycles. The van der Waals surface area contributed by atoms with E-state index in [9.17, 15) is 18.5 Å². The Bertz CT molecular complexity index is 625. The average molecular weight is 298 g/mol. The van der Waals surface area contributed by atoms with Crippen molar-refractivity contribution in [2.45, 2.75) is 26.0 Å². The van der Waals surface area contributed by atoms with Crippen LogP contribution < -0.4 is 0 Å². The maximum Gasteiger partial charge on any atom is 0.269 e. The lowest BCUT2D eigenvalue weighted by molar-refractivity contribution is -0.384. The van der Waals surface area contributed by atoms with E-state index in [2.05, 4.69) is 0 Å². The molecule has 0 atom stereocenters. The molecular formula is C13H18N2O4S. The number of nitro groups is 1. The Morgan fingerprint density at radius 2 is 2.10 bits per heavy atom. The van der Waals surface area contributed by atoms with Crippen LogP contribution in [-0.4, -0.2) is 30.7 Å². The van der Waals surface area contributed by atoms with Crippen molar-refractivity contribution in [1.29, 1.82) is 0 Å². The van der Waals surface area contributed by atoms with Gasteiger partial charge in [0.15, 0.2) is 0 Å². The van der Waals surface area contributed by atoms with Gasteiger partial charge in [0.1, 0.15) is 0 Å². The van der Waals surface area contributed by atoms with Gasteiger partial charge in [0, 0.05) is 25.2 Å². The zero-order chi connectivity index (χ0) is 15.0. The van der Waals surface area contributed by atoms with Crippen LogP contribution in [-0.2, 0) is 15.8 Å². The zero-order valence-electron chi connectivity index (χ0n) is 11.6. The predicted molar refractivity (Wildman–Crippen MR) is 75.7 cm³/mol. The van der Waals surface area contributed by atoms with Crippen LogP contribution in [0, 0.1) is 15.5 Å². The van der Waals surface area contributed by atoms with E-state index < -0.39 is 14.9 Å². The second-order valence-corrected chi connectivity index (χ2v) is 7.90. The number of hydrogen-bond donors (Lipinski definition) is 0. The molecule has 1 aromatic rings. The van der Waals surface area contributed by atoms with Crippen molar-refractivity contribution in [1.82, 2.24) is 4.31 Å². The Labute approximate surface area is 118 Å². The molecule has 6 nitrogen and oxygen atoms in total. The molecule has 2 rings (SSSR count). The minimum absolute atomic E-state index is 0.00421. The van der Waals surface area contributed by atoms with E-state index in [1.54, 1.807) is 6.07 Å². The molecule has 0 aromatic heterocycles. The summed E-state index contributed by atoms with van der Waals surface area (Å²) in [5.41, 5.74) is 0.360. The Morgan fingerprint density at radius 1 is 1.40 bits per heavy atom. The highest BCUT2D eigenvalue weighted by Crippen LogP contribution is 2.31. The SMILES string of the molecule is CC1(C)CCN(S(=O)(=O)Cc2cccc([N+](=O)[O-])c2)C1. The fourth-order valence-electron chi connectivity index (χ4n) is 2.36. The summed E-state index contributed by atoms with van der Waals surface area (Å²) in [6, 6.07) is 5.79. The molecule has 20 heavy (non-hydrogen) atoms. The Balaban J connectivity index is 2.17. The van der Waals surface area contributed by atoms with Crippen molar-refractivity contribution in [3.63, 3.8) is 0 Å². The van der Waals surface area contributed by atoms with E-state index in [0.717, 1.165) is 6.42 Å². The molecule has 0 amide bonds. The van der Waals surface area contributed by atoms with Crippen LogP contribution >= 0.6 is 0 Å². The van der Waals surface area contributed by atoms with Gasteiger partial charge in [-0.15, -0.1) is 0 Å². The number of benzene rings is 1. The highest BCUT2D eigenvalue weighted by atomic mass is 32.2. The lowest BCUT2D eigenvalue weighted by atomic mass is 9.93. The number of nitro benzene ring substituents is 1. The Hall–Kier alpha value is -1.47. The average Bonchev–Trinajstić information content (AvgIpc) is 2.70. The number of nitrogens with zero attached hydrogens (tertiary/aromatic N) is 2. The molecule has 0 bridgehead atoms. The highest BCUT2D eigenvalue weighted by molar-refractivity contribution is 7.88. The number of rotatable bonds is 4. The normalized spacial score (nSPS) is 19.1. The largest absolute Gasteiger partial charge is 0.269 e. The molecule has 7 heteroatoms. The van der Waals surface area contributed by atoms with Crippen molar-refractivity contribution in [2.24, 2.45) is 5.41 Å². The maximum atomic E-state index is 12.3. The van der Waals surface area contributed by atoms with Crippen molar-refractivity contribution in [2.75, 3.05) is 13.1 Å². The number of sulfonamides is 1. The molecule has 0 radical (unpaired) electrons. The monoisotopic (exact) mass is 298 g/mol.